The van der Waals surface area contributed by atoms with E-state index < -0.39 is 5.82 Å². The first kappa shape index (κ1) is 14.0. The third kappa shape index (κ3) is 3.52. The van der Waals surface area contributed by atoms with Gasteiger partial charge in [-0.1, -0.05) is 30.7 Å². The van der Waals surface area contributed by atoms with E-state index in [-0.39, 0.29) is 5.02 Å². The molecule has 0 aliphatic rings. The van der Waals surface area contributed by atoms with Crippen molar-refractivity contribution in [1.29, 1.82) is 0 Å². The van der Waals surface area contributed by atoms with Crippen molar-refractivity contribution >= 4 is 11.6 Å². The summed E-state index contributed by atoms with van der Waals surface area (Å²) < 4.78 is 15.5. The highest BCUT2D eigenvalue weighted by Crippen LogP contribution is 2.18. The number of rotatable bonds is 6. The summed E-state index contributed by atoms with van der Waals surface area (Å²) in [6.07, 6.45) is 2.53. The largest absolute Gasteiger partial charge is 0.310 e. The van der Waals surface area contributed by atoms with Crippen LogP contribution in [0.2, 0.25) is 5.02 Å². The molecule has 0 saturated heterocycles. The first-order chi connectivity index (χ1) is 9.22. The first-order valence-corrected chi connectivity index (χ1v) is 6.60. The van der Waals surface area contributed by atoms with Crippen LogP contribution in [0.5, 0.6) is 0 Å². The molecule has 0 aliphatic carbocycles. The number of benzene rings is 1. The van der Waals surface area contributed by atoms with Crippen LogP contribution >= 0.6 is 11.6 Å². The van der Waals surface area contributed by atoms with Crippen LogP contribution in [0, 0.1) is 5.82 Å². The highest BCUT2D eigenvalue weighted by atomic mass is 35.5. The fourth-order valence-electron chi connectivity index (χ4n) is 1.77. The standard InChI is InChI=1S/C13H16ClFN4/c1-2-6-16-7-12-17-9-18-19(12)8-10-4-3-5-11(14)13(10)15/h3-5,9,16H,2,6-8H2,1H3. The molecule has 0 amide bonds. The van der Waals surface area contributed by atoms with E-state index >= 15 is 0 Å². The minimum absolute atomic E-state index is 0.128. The SMILES string of the molecule is CCCNCc1ncnn1Cc1cccc(Cl)c1F. The van der Waals surface area contributed by atoms with Crippen molar-refractivity contribution in [1.82, 2.24) is 20.1 Å². The Labute approximate surface area is 116 Å². The lowest BCUT2D eigenvalue weighted by Crippen LogP contribution is -2.18. The average molecular weight is 283 g/mol. The van der Waals surface area contributed by atoms with E-state index in [2.05, 4.69) is 22.3 Å². The van der Waals surface area contributed by atoms with Gasteiger partial charge in [0.25, 0.3) is 0 Å². The summed E-state index contributed by atoms with van der Waals surface area (Å²) in [5, 5.41) is 7.49. The third-order valence-electron chi connectivity index (χ3n) is 2.76. The summed E-state index contributed by atoms with van der Waals surface area (Å²) in [5.74, 6) is 0.389. The fraction of sp³-hybridized carbons (Fsp3) is 0.385. The molecule has 0 saturated carbocycles. The molecule has 4 nitrogen and oxygen atoms in total. The van der Waals surface area contributed by atoms with Gasteiger partial charge in [-0.05, 0) is 19.0 Å². The van der Waals surface area contributed by atoms with E-state index in [1.807, 2.05) is 0 Å². The monoisotopic (exact) mass is 282 g/mol. The van der Waals surface area contributed by atoms with E-state index in [4.69, 9.17) is 11.6 Å². The smallest absolute Gasteiger partial charge is 0.146 e. The second kappa shape index (κ2) is 6.63. The Kier molecular flexibility index (Phi) is 4.87. The van der Waals surface area contributed by atoms with Gasteiger partial charge in [-0.2, -0.15) is 5.10 Å². The number of halogens is 2. The summed E-state index contributed by atoms with van der Waals surface area (Å²) in [4.78, 5) is 4.17. The second-order valence-corrected chi connectivity index (χ2v) is 4.63. The molecule has 0 fully saturated rings. The van der Waals surface area contributed by atoms with Crippen LogP contribution in [-0.4, -0.2) is 21.3 Å². The van der Waals surface area contributed by atoms with Crippen LogP contribution < -0.4 is 5.32 Å². The van der Waals surface area contributed by atoms with Crippen LogP contribution in [0.1, 0.15) is 24.7 Å². The summed E-state index contributed by atoms with van der Waals surface area (Å²) in [7, 11) is 0. The Hall–Kier alpha value is -1.46. The number of hydrogen-bond donors (Lipinski definition) is 1. The zero-order valence-corrected chi connectivity index (χ0v) is 11.5. The number of aromatic nitrogens is 3. The van der Waals surface area contributed by atoms with Crippen molar-refractivity contribution in [2.24, 2.45) is 0 Å². The normalized spacial score (nSPS) is 10.9. The van der Waals surface area contributed by atoms with Gasteiger partial charge in [0.2, 0.25) is 0 Å². The maximum Gasteiger partial charge on any atom is 0.146 e. The van der Waals surface area contributed by atoms with E-state index in [0.29, 0.717) is 18.7 Å². The predicted octanol–water partition coefficient (Wildman–Crippen LogP) is 2.62. The van der Waals surface area contributed by atoms with Gasteiger partial charge >= 0.3 is 0 Å². The Morgan fingerprint density at radius 2 is 2.26 bits per heavy atom. The molecule has 1 heterocycles. The van der Waals surface area contributed by atoms with E-state index in [1.54, 1.807) is 16.8 Å². The highest BCUT2D eigenvalue weighted by Gasteiger charge is 2.10. The zero-order valence-electron chi connectivity index (χ0n) is 10.7. The van der Waals surface area contributed by atoms with Gasteiger partial charge in [-0.25, -0.2) is 14.1 Å². The molecule has 0 unspecified atom stereocenters. The van der Waals surface area contributed by atoms with E-state index in [0.717, 1.165) is 18.8 Å². The van der Waals surface area contributed by atoms with Crippen molar-refractivity contribution < 1.29 is 4.39 Å². The lowest BCUT2D eigenvalue weighted by atomic mass is 10.2. The Balaban J connectivity index is 2.11. The molecule has 102 valence electrons. The molecule has 2 aromatic rings. The molecule has 6 heteroatoms. The first-order valence-electron chi connectivity index (χ1n) is 6.22. The summed E-state index contributed by atoms with van der Waals surface area (Å²) in [6.45, 7) is 3.96. The van der Waals surface area contributed by atoms with Crippen LogP contribution in [-0.2, 0) is 13.1 Å². The molecular weight excluding hydrogens is 267 g/mol. The topological polar surface area (TPSA) is 42.7 Å². The molecule has 0 atom stereocenters. The van der Waals surface area contributed by atoms with Gasteiger partial charge in [0.05, 0.1) is 18.1 Å². The van der Waals surface area contributed by atoms with Crippen molar-refractivity contribution in [3.63, 3.8) is 0 Å². The lowest BCUT2D eigenvalue weighted by molar-refractivity contribution is 0.555. The quantitative estimate of drug-likeness (QED) is 0.828. The van der Waals surface area contributed by atoms with Crippen LogP contribution in [0.3, 0.4) is 0 Å². The molecule has 2 rings (SSSR count). The molecule has 0 spiro atoms. The van der Waals surface area contributed by atoms with Gasteiger partial charge in [0.15, 0.2) is 0 Å². The van der Waals surface area contributed by atoms with Crippen molar-refractivity contribution in [2.75, 3.05) is 6.54 Å². The zero-order chi connectivity index (χ0) is 13.7. The molecular formula is C13H16ClFN4. The minimum Gasteiger partial charge on any atom is -0.310 e. The minimum atomic E-state index is -0.396. The number of hydrogen-bond acceptors (Lipinski definition) is 3. The molecule has 0 aliphatic heterocycles. The Morgan fingerprint density at radius 1 is 1.42 bits per heavy atom. The maximum atomic E-state index is 13.8. The van der Waals surface area contributed by atoms with Gasteiger partial charge in [0.1, 0.15) is 18.0 Å². The summed E-state index contributed by atoms with van der Waals surface area (Å²) >= 11 is 5.76. The molecule has 1 aromatic heterocycles. The van der Waals surface area contributed by atoms with Crippen LogP contribution in [0.25, 0.3) is 0 Å². The Bertz CT molecular complexity index is 541. The highest BCUT2D eigenvalue weighted by molar-refractivity contribution is 6.30. The lowest BCUT2D eigenvalue weighted by Gasteiger charge is -2.08. The summed E-state index contributed by atoms with van der Waals surface area (Å²) in [6, 6.07) is 4.96. The maximum absolute atomic E-state index is 13.8. The van der Waals surface area contributed by atoms with Crippen molar-refractivity contribution in [3.05, 3.63) is 46.8 Å². The molecule has 1 N–H and O–H groups in total. The number of nitrogens with zero attached hydrogens (tertiary/aromatic N) is 3. The second-order valence-electron chi connectivity index (χ2n) is 4.22. The Morgan fingerprint density at radius 3 is 3.05 bits per heavy atom. The molecule has 19 heavy (non-hydrogen) atoms. The van der Waals surface area contributed by atoms with E-state index in [9.17, 15) is 4.39 Å². The number of nitrogens with one attached hydrogen (secondary N) is 1. The molecule has 0 bridgehead atoms. The average Bonchev–Trinajstić information content (AvgIpc) is 2.83. The predicted molar refractivity (Wildman–Crippen MR) is 72.5 cm³/mol. The van der Waals surface area contributed by atoms with E-state index in [1.165, 1.54) is 12.4 Å². The van der Waals surface area contributed by atoms with Gasteiger partial charge in [-0.3, -0.25) is 0 Å². The van der Waals surface area contributed by atoms with Crippen LogP contribution in [0.15, 0.2) is 24.5 Å². The summed E-state index contributed by atoms with van der Waals surface area (Å²) in [5.41, 5.74) is 0.509. The van der Waals surface area contributed by atoms with Gasteiger partial charge in [-0.15, -0.1) is 0 Å². The van der Waals surface area contributed by atoms with Crippen molar-refractivity contribution in [2.45, 2.75) is 26.4 Å². The van der Waals surface area contributed by atoms with Gasteiger partial charge in [0, 0.05) is 5.56 Å². The van der Waals surface area contributed by atoms with Crippen molar-refractivity contribution in [3.8, 4) is 0 Å². The molecule has 1 aromatic carbocycles. The molecule has 0 radical (unpaired) electrons. The fourth-order valence-corrected chi connectivity index (χ4v) is 1.96. The third-order valence-corrected chi connectivity index (χ3v) is 3.05. The van der Waals surface area contributed by atoms with Crippen LogP contribution in [0.4, 0.5) is 4.39 Å². The van der Waals surface area contributed by atoms with Gasteiger partial charge < -0.3 is 5.32 Å².